The van der Waals surface area contributed by atoms with Gasteiger partial charge in [-0.15, -0.1) is 24.8 Å². The maximum atomic E-state index is 11.2. The average Bonchev–Trinajstić information content (AvgIpc) is 3.55. The van der Waals surface area contributed by atoms with Gasteiger partial charge >= 0.3 is 11.9 Å². The van der Waals surface area contributed by atoms with Crippen LogP contribution in [0.25, 0.3) is 46.4 Å². The van der Waals surface area contributed by atoms with E-state index in [9.17, 15) is 19.8 Å². The molecule has 5 heterocycles. The zero-order chi connectivity index (χ0) is 23.7. The Bertz CT molecular complexity index is 1430. The first kappa shape index (κ1) is 30.1. The molecule has 3 aromatic heterocycles. The molecule has 0 aliphatic carbocycles. The first-order chi connectivity index (χ1) is 16.4. The number of nitrogens with zero attached hydrogens (tertiary/aromatic N) is 2. The van der Waals surface area contributed by atoms with Crippen molar-refractivity contribution in [2.24, 2.45) is 0 Å². The summed E-state index contributed by atoms with van der Waals surface area (Å²) in [6, 6.07) is 11.5. The van der Waals surface area contributed by atoms with E-state index < -0.39 is 11.9 Å². The van der Waals surface area contributed by atoms with E-state index >= 15 is 0 Å². The fourth-order valence-corrected chi connectivity index (χ4v) is 4.11. The minimum absolute atomic E-state index is 0. The molecule has 0 fully saturated rings. The van der Waals surface area contributed by atoms with Crippen molar-refractivity contribution >= 4 is 107 Å². The molecule has 4 radical (unpaired) electrons. The van der Waals surface area contributed by atoms with Crippen LogP contribution in [-0.4, -0.2) is 66.0 Å². The molecule has 4 N–H and O–H groups in total. The molecule has 0 unspecified atom stereocenters. The van der Waals surface area contributed by atoms with Crippen molar-refractivity contribution < 1.29 is 19.8 Å². The van der Waals surface area contributed by atoms with E-state index in [1.54, 1.807) is 0 Å². The molecule has 5 rings (SSSR count). The number of carboxylic acid groups (broad SMARTS) is 2. The zero-order valence-electron chi connectivity index (χ0n) is 19.5. The largest absolute Gasteiger partial charge is 0.481 e. The maximum Gasteiger partial charge on any atom is 0.303 e. The molecule has 8 bridgehead atoms. The summed E-state index contributed by atoms with van der Waals surface area (Å²) < 4.78 is 0. The number of H-pyrrole nitrogens is 2. The van der Waals surface area contributed by atoms with E-state index in [2.05, 4.69) is 19.9 Å². The number of halogens is 2. The fraction of sp³-hybridized carbons (Fsp3) is 0.154. The second-order valence-electron chi connectivity index (χ2n) is 8.28. The summed E-state index contributed by atoms with van der Waals surface area (Å²) in [7, 11) is 0. The Kier molecular flexibility index (Phi) is 10.5. The zero-order valence-corrected chi connectivity index (χ0v) is 24.0. The summed E-state index contributed by atoms with van der Waals surface area (Å²) in [6.45, 7) is 0. The van der Waals surface area contributed by atoms with E-state index in [1.807, 2.05) is 60.7 Å². The Morgan fingerprint density at radius 2 is 1.00 bits per heavy atom. The van der Waals surface area contributed by atoms with Gasteiger partial charge in [0.25, 0.3) is 0 Å². The molecular weight excluding hydrogens is 622 g/mol. The van der Waals surface area contributed by atoms with Gasteiger partial charge in [0.05, 0.1) is 22.8 Å². The Balaban J connectivity index is 0.00000160. The molecule has 2 aliphatic heterocycles. The predicted octanol–water partition coefficient (Wildman–Crippen LogP) is 5.15. The van der Waals surface area contributed by atoms with Gasteiger partial charge in [-0.1, -0.05) is 0 Å². The third-order valence-corrected chi connectivity index (χ3v) is 5.68. The van der Waals surface area contributed by atoms with Crippen molar-refractivity contribution in [1.82, 2.24) is 19.9 Å². The fourth-order valence-electron chi connectivity index (χ4n) is 4.11. The second-order valence-corrected chi connectivity index (χ2v) is 8.28. The molecule has 11 heteroatoms. The van der Waals surface area contributed by atoms with Gasteiger partial charge in [0, 0.05) is 58.8 Å². The Morgan fingerprint density at radius 3 is 1.38 bits per heavy atom. The second kappa shape index (κ2) is 12.9. The van der Waals surface area contributed by atoms with E-state index in [0.29, 0.717) is 12.8 Å². The van der Waals surface area contributed by atoms with Gasteiger partial charge in [-0.2, -0.15) is 0 Å². The molecular formula is C26H24Cl2N4O4Sn. The molecule has 0 atom stereocenters. The van der Waals surface area contributed by atoms with Gasteiger partial charge < -0.3 is 20.2 Å². The number of fused-ring (bicyclic) bond motifs is 8. The van der Waals surface area contributed by atoms with E-state index in [1.165, 1.54) is 0 Å². The van der Waals surface area contributed by atoms with Gasteiger partial charge in [0.2, 0.25) is 0 Å². The van der Waals surface area contributed by atoms with Crippen LogP contribution in [0.2, 0.25) is 0 Å². The number of rotatable bonds is 6. The number of hydrogen-bond donors (Lipinski definition) is 4. The first-order valence-corrected chi connectivity index (χ1v) is 10.9. The number of aliphatic carboxylic acids is 2. The molecule has 0 saturated heterocycles. The Hall–Kier alpha value is -3.08. The van der Waals surface area contributed by atoms with Crippen LogP contribution in [-0.2, 0) is 22.4 Å². The van der Waals surface area contributed by atoms with Crippen molar-refractivity contribution in [2.75, 3.05) is 0 Å². The van der Waals surface area contributed by atoms with Gasteiger partial charge in [-0.3, -0.25) is 9.59 Å². The summed E-state index contributed by atoms with van der Waals surface area (Å²) in [6.07, 6.45) is 8.43. The minimum atomic E-state index is -0.866. The van der Waals surface area contributed by atoms with Crippen LogP contribution in [0.4, 0.5) is 0 Å². The third-order valence-electron chi connectivity index (χ3n) is 5.68. The molecule has 3 aromatic rings. The van der Waals surface area contributed by atoms with Crippen molar-refractivity contribution in [3.63, 3.8) is 0 Å². The SMILES string of the molecule is Cl.Cl.O=C(O)CCc1cc2cc3nc(cc4nc(cc5cc(CCC(=O)O)c(cc1[nH]2)[nH]5)C=C4)C=C3.[Sn]. The van der Waals surface area contributed by atoms with Gasteiger partial charge in [-0.25, -0.2) is 9.97 Å². The number of aromatic nitrogens is 4. The Morgan fingerprint density at radius 1 is 0.622 bits per heavy atom. The van der Waals surface area contributed by atoms with E-state index in [4.69, 9.17) is 0 Å². The van der Waals surface area contributed by atoms with Gasteiger partial charge in [-0.05, 0) is 84.7 Å². The molecule has 190 valence electrons. The van der Waals surface area contributed by atoms with Crippen LogP contribution in [0, 0.1) is 0 Å². The van der Waals surface area contributed by atoms with Crippen LogP contribution in [0.1, 0.15) is 46.7 Å². The van der Waals surface area contributed by atoms with Crippen LogP contribution in [0.15, 0.2) is 36.4 Å². The summed E-state index contributed by atoms with van der Waals surface area (Å²) in [5, 5.41) is 18.4. The molecule has 0 amide bonds. The van der Waals surface area contributed by atoms with Crippen molar-refractivity contribution in [3.05, 3.63) is 70.3 Å². The average molecular weight is 646 g/mol. The van der Waals surface area contributed by atoms with Gasteiger partial charge in [0.15, 0.2) is 0 Å². The summed E-state index contributed by atoms with van der Waals surface area (Å²) in [4.78, 5) is 38.4. The number of carbonyl (C=O) groups is 2. The molecule has 2 aliphatic rings. The standard InChI is InChI=1S/C26H22N4O4.2ClH.Sn/c31-25(32)7-1-15-9-21-12-19-5-3-17(27-19)11-18-4-6-20(28-18)13-22-10-16(2-8-26(33)34)24(30-22)14-23(15)29-21;;;/h3-6,9-14,29-30H,1-2,7-8H2,(H,31,32)(H,33,34);2*1H;. The van der Waals surface area contributed by atoms with Crippen LogP contribution in [0.5, 0.6) is 0 Å². The molecule has 0 aromatic carbocycles. The van der Waals surface area contributed by atoms with Gasteiger partial charge in [0.1, 0.15) is 0 Å². The number of aromatic amines is 2. The van der Waals surface area contributed by atoms with Crippen LogP contribution < -0.4 is 0 Å². The van der Waals surface area contributed by atoms with Crippen molar-refractivity contribution in [2.45, 2.75) is 25.7 Å². The smallest absolute Gasteiger partial charge is 0.303 e. The summed E-state index contributed by atoms with van der Waals surface area (Å²) in [5.74, 6) is -1.73. The number of hydrogen-bond acceptors (Lipinski definition) is 4. The van der Waals surface area contributed by atoms with Crippen molar-refractivity contribution in [3.8, 4) is 0 Å². The molecule has 37 heavy (non-hydrogen) atoms. The Labute approximate surface area is 241 Å². The normalized spacial score (nSPS) is 11.2. The van der Waals surface area contributed by atoms with Crippen LogP contribution in [0.3, 0.4) is 0 Å². The quantitative estimate of drug-likeness (QED) is 0.189. The summed E-state index contributed by atoms with van der Waals surface area (Å²) in [5.41, 5.74) is 8.04. The van der Waals surface area contributed by atoms with E-state index in [-0.39, 0.29) is 61.6 Å². The third kappa shape index (κ3) is 7.47. The number of aryl methyl sites for hydroxylation is 2. The van der Waals surface area contributed by atoms with E-state index in [0.717, 1.165) is 56.0 Å². The molecule has 8 nitrogen and oxygen atoms in total. The molecule has 0 spiro atoms. The topological polar surface area (TPSA) is 132 Å². The number of carboxylic acids is 2. The number of nitrogens with one attached hydrogen (secondary N) is 2. The minimum Gasteiger partial charge on any atom is -0.481 e. The molecule has 0 saturated carbocycles. The summed E-state index contributed by atoms with van der Waals surface area (Å²) >= 11 is 0. The predicted molar refractivity (Wildman–Crippen MR) is 151 cm³/mol. The first-order valence-electron chi connectivity index (χ1n) is 10.9. The monoisotopic (exact) mass is 646 g/mol. The van der Waals surface area contributed by atoms with Crippen LogP contribution >= 0.6 is 24.8 Å². The maximum absolute atomic E-state index is 11.2. The van der Waals surface area contributed by atoms with Crippen molar-refractivity contribution in [1.29, 1.82) is 0 Å².